The van der Waals surface area contributed by atoms with Crippen molar-refractivity contribution in [2.24, 2.45) is 0 Å². The van der Waals surface area contributed by atoms with Gasteiger partial charge in [0, 0.05) is 10.0 Å². The van der Waals surface area contributed by atoms with E-state index in [-0.39, 0.29) is 29.4 Å². The standard InChI is InChI=1S/C11H10BrClF2O3/c1-2-17-8(16)5-6-3-4-7(12)9(13)10(6)18-11(14)15/h3-4,11H,2,5H2,1H3. The molecule has 0 aliphatic carbocycles. The summed E-state index contributed by atoms with van der Waals surface area (Å²) in [5.74, 6) is -0.746. The molecule has 0 aliphatic rings. The molecule has 1 rings (SSSR count). The van der Waals surface area contributed by atoms with E-state index < -0.39 is 12.6 Å². The van der Waals surface area contributed by atoms with Crippen molar-refractivity contribution in [1.82, 2.24) is 0 Å². The zero-order chi connectivity index (χ0) is 13.7. The van der Waals surface area contributed by atoms with Crippen molar-refractivity contribution in [2.45, 2.75) is 20.0 Å². The van der Waals surface area contributed by atoms with Crippen molar-refractivity contribution in [2.75, 3.05) is 6.61 Å². The molecule has 7 heteroatoms. The molecule has 1 aromatic carbocycles. The molecule has 0 aromatic heterocycles. The van der Waals surface area contributed by atoms with Gasteiger partial charge in [-0.2, -0.15) is 8.78 Å². The second-order valence-electron chi connectivity index (χ2n) is 3.21. The van der Waals surface area contributed by atoms with E-state index in [0.29, 0.717) is 4.47 Å². The predicted octanol–water partition coefficient (Wildman–Crippen LogP) is 3.81. The van der Waals surface area contributed by atoms with Crippen molar-refractivity contribution < 1.29 is 23.0 Å². The first kappa shape index (κ1) is 15.2. The zero-order valence-corrected chi connectivity index (χ0v) is 11.7. The highest BCUT2D eigenvalue weighted by Gasteiger charge is 2.18. The minimum absolute atomic E-state index is 0.00269. The maximum Gasteiger partial charge on any atom is 0.387 e. The molecule has 0 saturated carbocycles. The van der Waals surface area contributed by atoms with Gasteiger partial charge in [-0.15, -0.1) is 0 Å². The van der Waals surface area contributed by atoms with Crippen LogP contribution in [0.1, 0.15) is 12.5 Å². The quantitative estimate of drug-likeness (QED) is 0.763. The minimum Gasteiger partial charge on any atom is -0.466 e. The number of carbonyl (C=O) groups excluding carboxylic acids is 1. The monoisotopic (exact) mass is 342 g/mol. The molecular formula is C11H10BrClF2O3. The molecule has 0 aliphatic heterocycles. The number of esters is 1. The Kier molecular flexibility index (Phi) is 5.81. The van der Waals surface area contributed by atoms with Crippen LogP contribution in [0.3, 0.4) is 0 Å². The molecule has 3 nitrogen and oxygen atoms in total. The van der Waals surface area contributed by atoms with Crippen LogP contribution >= 0.6 is 27.5 Å². The van der Waals surface area contributed by atoms with Crippen LogP contribution in [0.5, 0.6) is 5.75 Å². The van der Waals surface area contributed by atoms with Crippen LogP contribution in [0.4, 0.5) is 8.78 Å². The third kappa shape index (κ3) is 4.10. The number of halogens is 4. The molecule has 1 aromatic rings. The molecular weight excluding hydrogens is 333 g/mol. The van der Waals surface area contributed by atoms with E-state index in [2.05, 4.69) is 20.7 Å². The summed E-state index contributed by atoms with van der Waals surface area (Å²) >= 11 is 8.94. The lowest BCUT2D eigenvalue weighted by Crippen LogP contribution is -2.11. The lowest BCUT2D eigenvalue weighted by atomic mass is 10.1. The number of rotatable bonds is 5. The summed E-state index contributed by atoms with van der Waals surface area (Å²) < 4.78 is 34.1. The fourth-order valence-corrected chi connectivity index (χ4v) is 1.84. The van der Waals surface area contributed by atoms with E-state index in [1.54, 1.807) is 13.0 Å². The Morgan fingerprint density at radius 3 is 2.72 bits per heavy atom. The fourth-order valence-electron chi connectivity index (χ4n) is 1.30. The van der Waals surface area contributed by atoms with Crippen LogP contribution in [0.2, 0.25) is 5.02 Å². The molecule has 18 heavy (non-hydrogen) atoms. The van der Waals surface area contributed by atoms with Crippen molar-refractivity contribution in [1.29, 1.82) is 0 Å². The number of benzene rings is 1. The van der Waals surface area contributed by atoms with E-state index in [1.165, 1.54) is 6.07 Å². The Morgan fingerprint density at radius 1 is 1.50 bits per heavy atom. The minimum atomic E-state index is -3.02. The normalized spacial score (nSPS) is 10.6. The summed E-state index contributed by atoms with van der Waals surface area (Å²) in [5.41, 5.74) is 0.252. The van der Waals surface area contributed by atoms with E-state index in [9.17, 15) is 13.6 Å². The number of hydrogen-bond acceptors (Lipinski definition) is 3. The van der Waals surface area contributed by atoms with Crippen LogP contribution in [0, 0.1) is 0 Å². The van der Waals surface area contributed by atoms with Gasteiger partial charge in [-0.25, -0.2) is 0 Å². The van der Waals surface area contributed by atoms with Gasteiger partial charge in [0.1, 0.15) is 5.75 Å². The van der Waals surface area contributed by atoms with Gasteiger partial charge in [0.2, 0.25) is 0 Å². The van der Waals surface area contributed by atoms with Gasteiger partial charge < -0.3 is 9.47 Å². The van der Waals surface area contributed by atoms with E-state index in [1.807, 2.05) is 0 Å². The van der Waals surface area contributed by atoms with E-state index in [4.69, 9.17) is 16.3 Å². The summed E-state index contributed by atoms with van der Waals surface area (Å²) in [6.07, 6.45) is -0.178. The largest absolute Gasteiger partial charge is 0.466 e. The average molecular weight is 344 g/mol. The maximum atomic E-state index is 12.3. The molecule has 0 unspecified atom stereocenters. The Balaban J connectivity index is 3.02. The highest BCUT2D eigenvalue weighted by Crippen LogP contribution is 2.36. The Labute approximate surface area is 116 Å². The third-order valence-electron chi connectivity index (χ3n) is 1.98. The van der Waals surface area contributed by atoms with Gasteiger partial charge >= 0.3 is 12.6 Å². The van der Waals surface area contributed by atoms with Crippen LogP contribution in [-0.4, -0.2) is 19.2 Å². The van der Waals surface area contributed by atoms with Crippen LogP contribution in [0.15, 0.2) is 16.6 Å². The SMILES string of the molecule is CCOC(=O)Cc1ccc(Br)c(Cl)c1OC(F)F. The summed E-state index contributed by atoms with van der Waals surface area (Å²) in [7, 11) is 0. The van der Waals surface area contributed by atoms with Crippen molar-refractivity contribution in [3.05, 3.63) is 27.2 Å². The van der Waals surface area contributed by atoms with Crippen molar-refractivity contribution in [3.8, 4) is 5.75 Å². The van der Waals surface area contributed by atoms with Crippen LogP contribution in [-0.2, 0) is 16.0 Å². The van der Waals surface area contributed by atoms with Gasteiger partial charge in [-0.3, -0.25) is 4.79 Å². The summed E-state index contributed by atoms with van der Waals surface area (Å²) in [6.45, 7) is -1.14. The van der Waals surface area contributed by atoms with Gasteiger partial charge in [-0.05, 0) is 28.9 Å². The molecule has 100 valence electrons. The first-order valence-electron chi connectivity index (χ1n) is 5.03. The zero-order valence-electron chi connectivity index (χ0n) is 9.38. The number of ether oxygens (including phenoxy) is 2. The molecule has 0 spiro atoms. The fraction of sp³-hybridized carbons (Fsp3) is 0.364. The molecule has 0 radical (unpaired) electrons. The smallest absolute Gasteiger partial charge is 0.387 e. The highest BCUT2D eigenvalue weighted by molar-refractivity contribution is 9.10. The molecule has 0 atom stereocenters. The van der Waals surface area contributed by atoms with Crippen molar-refractivity contribution in [3.63, 3.8) is 0 Å². The summed E-state index contributed by atoms with van der Waals surface area (Å²) in [5, 5.41) is -0.00269. The predicted molar refractivity (Wildman–Crippen MR) is 66.1 cm³/mol. The Morgan fingerprint density at radius 2 is 2.17 bits per heavy atom. The Bertz CT molecular complexity index is 441. The topological polar surface area (TPSA) is 35.5 Å². The number of alkyl halides is 2. The average Bonchev–Trinajstić information content (AvgIpc) is 2.28. The van der Waals surface area contributed by atoms with E-state index in [0.717, 1.165) is 0 Å². The lowest BCUT2D eigenvalue weighted by Gasteiger charge is -2.13. The first-order valence-corrected chi connectivity index (χ1v) is 6.20. The summed E-state index contributed by atoms with van der Waals surface area (Å²) in [4.78, 5) is 11.3. The van der Waals surface area contributed by atoms with Crippen molar-refractivity contribution >= 4 is 33.5 Å². The first-order chi connectivity index (χ1) is 8.45. The second kappa shape index (κ2) is 6.89. The third-order valence-corrected chi connectivity index (χ3v) is 3.24. The molecule has 0 heterocycles. The molecule has 0 bridgehead atoms. The second-order valence-corrected chi connectivity index (χ2v) is 4.44. The molecule has 0 N–H and O–H groups in total. The van der Waals surface area contributed by atoms with Crippen LogP contribution < -0.4 is 4.74 Å². The van der Waals surface area contributed by atoms with E-state index >= 15 is 0 Å². The van der Waals surface area contributed by atoms with Crippen LogP contribution in [0.25, 0.3) is 0 Å². The Hall–Kier alpha value is -0.880. The highest BCUT2D eigenvalue weighted by atomic mass is 79.9. The van der Waals surface area contributed by atoms with Gasteiger partial charge in [0.25, 0.3) is 0 Å². The van der Waals surface area contributed by atoms with Gasteiger partial charge in [0.15, 0.2) is 0 Å². The number of hydrogen-bond donors (Lipinski definition) is 0. The van der Waals surface area contributed by atoms with Gasteiger partial charge in [-0.1, -0.05) is 17.7 Å². The lowest BCUT2D eigenvalue weighted by molar-refractivity contribution is -0.142. The van der Waals surface area contributed by atoms with Gasteiger partial charge in [0.05, 0.1) is 18.1 Å². The molecule has 0 fully saturated rings. The summed E-state index contributed by atoms with van der Waals surface area (Å²) in [6, 6.07) is 3.03. The number of carbonyl (C=O) groups is 1. The molecule has 0 amide bonds. The molecule has 0 saturated heterocycles. The maximum absolute atomic E-state index is 12.3.